The molecule has 0 aromatic carbocycles. The molecule has 3 nitrogen and oxygen atoms in total. The van der Waals surface area contributed by atoms with Gasteiger partial charge in [-0.2, -0.15) is 0 Å². The van der Waals surface area contributed by atoms with Crippen molar-refractivity contribution in [3.63, 3.8) is 0 Å². The summed E-state index contributed by atoms with van der Waals surface area (Å²) in [4.78, 5) is 11.4. The molecule has 0 spiro atoms. The second-order valence-corrected chi connectivity index (χ2v) is 5.80. The van der Waals surface area contributed by atoms with Crippen LogP contribution in [-0.2, 0) is 4.79 Å². The Morgan fingerprint density at radius 3 is 2.47 bits per heavy atom. The minimum Gasteiger partial charge on any atom is -0.354 e. The van der Waals surface area contributed by atoms with Gasteiger partial charge < -0.3 is 10.6 Å². The predicted octanol–water partition coefficient (Wildman–Crippen LogP) is 2.32. The van der Waals surface area contributed by atoms with E-state index >= 15 is 0 Å². The monoisotopic (exact) mass is 240 g/mol. The lowest BCUT2D eigenvalue weighted by molar-refractivity contribution is -0.121. The molecule has 3 heteroatoms. The summed E-state index contributed by atoms with van der Waals surface area (Å²) in [7, 11) is 0. The van der Waals surface area contributed by atoms with Crippen LogP contribution in [0, 0.1) is 11.8 Å². The van der Waals surface area contributed by atoms with Crippen LogP contribution in [0.2, 0.25) is 0 Å². The smallest absolute Gasteiger partial charge is 0.221 e. The topological polar surface area (TPSA) is 41.1 Å². The van der Waals surface area contributed by atoms with Crippen LogP contribution in [0.25, 0.3) is 0 Å². The van der Waals surface area contributed by atoms with Crippen molar-refractivity contribution in [2.75, 3.05) is 13.1 Å². The van der Waals surface area contributed by atoms with Gasteiger partial charge in [-0.15, -0.1) is 0 Å². The van der Waals surface area contributed by atoms with Crippen LogP contribution in [0.15, 0.2) is 0 Å². The Morgan fingerprint density at radius 2 is 1.88 bits per heavy atom. The van der Waals surface area contributed by atoms with Crippen molar-refractivity contribution in [2.45, 2.75) is 58.9 Å². The van der Waals surface area contributed by atoms with E-state index in [0.717, 1.165) is 24.9 Å². The highest BCUT2D eigenvalue weighted by Crippen LogP contribution is 2.27. The van der Waals surface area contributed by atoms with E-state index in [0.29, 0.717) is 6.42 Å². The molecule has 17 heavy (non-hydrogen) atoms. The Kier molecular flexibility index (Phi) is 6.56. The molecular weight excluding hydrogens is 212 g/mol. The first-order valence-electron chi connectivity index (χ1n) is 7.08. The Balaban J connectivity index is 1.99. The zero-order valence-electron chi connectivity index (χ0n) is 11.6. The van der Waals surface area contributed by atoms with Crippen molar-refractivity contribution in [3.8, 4) is 0 Å². The van der Waals surface area contributed by atoms with E-state index in [-0.39, 0.29) is 11.9 Å². The minimum atomic E-state index is 0.157. The van der Waals surface area contributed by atoms with Crippen LogP contribution in [0.4, 0.5) is 0 Å². The molecule has 1 rings (SSSR count). The molecule has 1 saturated carbocycles. The van der Waals surface area contributed by atoms with Crippen molar-refractivity contribution in [1.29, 1.82) is 0 Å². The van der Waals surface area contributed by atoms with Gasteiger partial charge >= 0.3 is 0 Å². The highest BCUT2D eigenvalue weighted by atomic mass is 16.1. The molecule has 0 heterocycles. The van der Waals surface area contributed by atoms with Crippen molar-refractivity contribution in [1.82, 2.24) is 10.6 Å². The van der Waals surface area contributed by atoms with E-state index in [9.17, 15) is 4.79 Å². The van der Waals surface area contributed by atoms with Crippen molar-refractivity contribution in [2.24, 2.45) is 11.8 Å². The highest BCUT2D eigenvalue weighted by molar-refractivity contribution is 5.76. The van der Waals surface area contributed by atoms with E-state index < -0.39 is 0 Å². The van der Waals surface area contributed by atoms with Crippen LogP contribution < -0.4 is 10.6 Å². The van der Waals surface area contributed by atoms with Crippen LogP contribution >= 0.6 is 0 Å². The average Bonchev–Trinajstić information content (AvgIpc) is 2.26. The molecule has 1 amide bonds. The summed E-state index contributed by atoms with van der Waals surface area (Å²) in [6, 6.07) is 0.252. The zero-order chi connectivity index (χ0) is 12.7. The predicted molar refractivity (Wildman–Crippen MR) is 71.9 cm³/mol. The van der Waals surface area contributed by atoms with E-state index in [1.54, 1.807) is 0 Å². The van der Waals surface area contributed by atoms with Gasteiger partial charge in [0.25, 0.3) is 0 Å². The molecule has 2 N–H and O–H groups in total. The first kappa shape index (κ1) is 14.5. The molecule has 0 aromatic rings. The molecule has 0 aromatic heterocycles. The maximum Gasteiger partial charge on any atom is 0.221 e. The van der Waals surface area contributed by atoms with E-state index in [1.807, 2.05) is 13.8 Å². The summed E-state index contributed by atoms with van der Waals surface area (Å²) < 4.78 is 0. The van der Waals surface area contributed by atoms with Crippen molar-refractivity contribution >= 4 is 5.91 Å². The summed E-state index contributed by atoms with van der Waals surface area (Å²) in [5, 5.41) is 6.32. The van der Waals surface area contributed by atoms with Gasteiger partial charge in [-0.1, -0.05) is 19.8 Å². The lowest BCUT2D eigenvalue weighted by atomic mass is 9.83. The van der Waals surface area contributed by atoms with E-state index in [2.05, 4.69) is 17.6 Å². The SMILES string of the molecule is CC1CCC(CNCCC(=O)NC(C)C)CC1. The van der Waals surface area contributed by atoms with Crippen molar-refractivity contribution < 1.29 is 4.79 Å². The number of hydrogen-bond acceptors (Lipinski definition) is 2. The van der Waals surface area contributed by atoms with E-state index in [1.165, 1.54) is 25.7 Å². The number of carbonyl (C=O) groups excluding carboxylic acids is 1. The normalized spacial score (nSPS) is 24.9. The van der Waals surface area contributed by atoms with Crippen LogP contribution in [0.3, 0.4) is 0 Å². The van der Waals surface area contributed by atoms with Crippen molar-refractivity contribution in [3.05, 3.63) is 0 Å². The van der Waals surface area contributed by atoms with Gasteiger partial charge in [0.15, 0.2) is 0 Å². The summed E-state index contributed by atoms with van der Waals surface area (Å²) in [5.41, 5.74) is 0. The molecule has 100 valence electrons. The second-order valence-electron chi connectivity index (χ2n) is 5.80. The van der Waals surface area contributed by atoms with Gasteiger partial charge in [0.2, 0.25) is 5.91 Å². The number of carbonyl (C=O) groups is 1. The van der Waals surface area contributed by atoms with Crippen LogP contribution in [0.1, 0.15) is 52.9 Å². The van der Waals surface area contributed by atoms with Gasteiger partial charge in [-0.25, -0.2) is 0 Å². The molecule has 1 aliphatic rings. The lowest BCUT2D eigenvalue weighted by Crippen LogP contribution is -2.34. The summed E-state index contributed by atoms with van der Waals surface area (Å²) in [5.74, 6) is 1.91. The first-order valence-corrected chi connectivity index (χ1v) is 7.08. The third kappa shape index (κ3) is 6.67. The minimum absolute atomic E-state index is 0.157. The number of amides is 1. The molecule has 0 saturated heterocycles. The second kappa shape index (κ2) is 7.70. The number of hydrogen-bond donors (Lipinski definition) is 2. The third-order valence-electron chi connectivity index (χ3n) is 3.55. The molecule has 0 radical (unpaired) electrons. The fourth-order valence-corrected chi connectivity index (χ4v) is 2.44. The summed E-state index contributed by atoms with van der Waals surface area (Å²) in [6.45, 7) is 8.23. The first-order chi connectivity index (χ1) is 8.08. The average molecular weight is 240 g/mol. The van der Waals surface area contributed by atoms with Gasteiger partial charge in [0, 0.05) is 19.0 Å². The Labute approximate surface area is 106 Å². The van der Waals surface area contributed by atoms with Gasteiger partial charge in [0.1, 0.15) is 0 Å². The maximum absolute atomic E-state index is 11.4. The fraction of sp³-hybridized carbons (Fsp3) is 0.929. The Morgan fingerprint density at radius 1 is 1.24 bits per heavy atom. The largest absolute Gasteiger partial charge is 0.354 e. The van der Waals surface area contributed by atoms with Gasteiger partial charge in [-0.3, -0.25) is 4.79 Å². The molecule has 1 fully saturated rings. The highest BCUT2D eigenvalue weighted by Gasteiger charge is 2.17. The summed E-state index contributed by atoms with van der Waals surface area (Å²) >= 11 is 0. The third-order valence-corrected chi connectivity index (χ3v) is 3.55. The van der Waals surface area contributed by atoms with Crippen LogP contribution in [0.5, 0.6) is 0 Å². The fourth-order valence-electron chi connectivity index (χ4n) is 2.44. The Bertz CT molecular complexity index is 220. The maximum atomic E-state index is 11.4. The summed E-state index contributed by atoms with van der Waals surface area (Å²) in [6.07, 6.45) is 6.06. The number of nitrogens with one attached hydrogen (secondary N) is 2. The Hall–Kier alpha value is -0.570. The van der Waals surface area contributed by atoms with E-state index in [4.69, 9.17) is 0 Å². The standard InChI is InChI=1S/C14H28N2O/c1-11(2)16-14(17)8-9-15-10-13-6-4-12(3)5-7-13/h11-13,15H,4-10H2,1-3H3,(H,16,17). The zero-order valence-corrected chi connectivity index (χ0v) is 11.6. The van der Waals surface area contributed by atoms with Crippen LogP contribution in [-0.4, -0.2) is 25.0 Å². The molecule has 1 aliphatic carbocycles. The van der Waals surface area contributed by atoms with Gasteiger partial charge in [-0.05, 0) is 45.1 Å². The van der Waals surface area contributed by atoms with Gasteiger partial charge in [0.05, 0.1) is 0 Å². The quantitative estimate of drug-likeness (QED) is 0.700. The molecule has 0 bridgehead atoms. The lowest BCUT2D eigenvalue weighted by Gasteiger charge is -2.26. The molecule has 0 aliphatic heterocycles. The molecule has 0 atom stereocenters. The number of rotatable bonds is 6. The molecule has 0 unspecified atom stereocenters. The molecular formula is C14H28N2O.